The first-order valence-corrected chi connectivity index (χ1v) is 7.23. The van der Waals surface area contributed by atoms with Gasteiger partial charge in [-0.25, -0.2) is 4.79 Å². The molecule has 1 atom stereocenters. The Hall–Kier alpha value is -1.34. The number of rotatable bonds is 5. The van der Waals surface area contributed by atoms with Gasteiger partial charge in [0.2, 0.25) is 0 Å². The van der Waals surface area contributed by atoms with Crippen LogP contribution in [-0.4, -0.2) is 78.9 Å². The minimum Gasteiger partial charge on any atom is -0.481 e. The Morgan fingerprint density at radius 1 is 1.25 bits per heavy atom. The number of aliphatic carboxylic acids is 1. The van der Waals surface area contributed by atoms with Crippen LogP contribution in [0.15, 0.2) is 0 Å². The van der Waals surface area contributed by atoms with E-state index in [1.54, 1.807) is 4.90 Å². The quantitative estimate of drug-likeness (QED) is 0.741. The molecule has 2 heterocycles. The summed E-state index contributed by atoms with van der Waals surface area (Å²) in [7, 11) is 0. The fourth-order valence-electron chi connectivity index (χ4n) is 2.76. The van der Waals surface area contributed by atoms with Crippen LogP contribution in [0.5, 0.6) is 0 Å². The molecule has 0 aromatic heterocycles. The summed E-state index contributed by atoms with van der Waals surface area (Å²) in [6.07, 6.45) is 1.70. The molecule has 1 unspecified atom stereocenters. The van der Waals surface area contributed by atoms with Crippen LogP contribution in [0.4, 0.5) is 4.79 Å². The van der Waals surface area contributed by atoms with Crippen molar-refractivity contribution in [3.63, 3.8) is 0 Å². The summed E-state index contributed by atoms with van der Waals surface area (Å²) in [5, 5.41) is 11.7. The molecule has 2 amide bonds. The molecular weight excluding hydrogens is 262 g/mol. The first-order valence-electron chi connectivity index (χ1n) is 7.23. The highest BCUT2D eigenvalue weighted by atomic mass is 16.5. The van der Waals surface area contributed by atoms with Crippen molar-refractivity contribution in [3.8, 4) is 0 Å². The number of carboxylic acid groups (broad SMARTS) is 1. The molecule has 2 N–H and O–H groups in total. The fourth-order valence-corrected chi connectivity index (χ4v) is 2.76. The summed E-state index contributed by atoms with van der Waals surface area (Å²) >= 11 is 0. The van der Waals surface area contributed by atoms with E-state index in [4.69, 9.17) is 9.84 Å². The normalized spacial score (nSPS) is 23.8. The SMILES string of the molecule is O=C(O)CC1CCCN1C(=O)NCCN1CCOCC1. The molecular formula is C13H23N3O4. The van der Waals surface area contributed by atoms with Crippen molar-refractivity contribution in [3.05, 3.63) is 0 Å². The molecule has 7 nitrogen and oxygen atoms in total. The van der Waals surface area contributed by atoms with Crippen molar-refractivity contribution < 1.29 is 19.4 Å². The van der Waals surface area contributed by atoms with E-state index in [0.717, 1.165) is 45.7 Å². The number of carbonyl (C=O) groups is 2. The molecule has 0 aromatic carbocycles. The zero-order chi connectivity index (χ0) is 14.4. The second-order valence-electron chi connectivity index (χ2n) is 5.27. The van der Waals surface area contributed by atoms with Gasteiger partial charge in [0.25, 0.3) is 0 Å². The first-order chi connectivity index (χ1) is 9.66. The van der Waals surface area contributed by atoms with Crippen LogP contribution in [0, 0.1) is 0 Å². The Morgan fingerprint density at radius 3 is 2.70 bits per heavy atom. The van der Waals surface area contributed by atoms with E-state index in [1.165, 1.54) is 0 Å². The molecule has 0 aliphatic carbocycles. The molecule has 0 saturated carbocycles. The van der Waals surface area contributed by atoms with E-state index < -0.39 is 5.97 Å². The van der Waals surface area contributed by atoms with E-state index >= 15 is 0 Å². The van der Waals surface area contributed by atoms with Crippen LogP contribution in [0.25, 0.3) is 0 Å². The van der Waals surface area contributed by atoms with E-state index in [1.807, 2.05) is 0 Å². The predicted octanol–water partition coefficient (Wildman–Crippen LogP) is -0.0327. The van der Waals surface area contributed by atoms with Crippen molar-refractivity contribution in [2.45, 2.75) is 25.3 Å². The van der Waals surface area contributed by atoms with Gasteiger partial charge in [0.15, 0.2) is 0 Å². The third kappa shape index (κ3) is 4.35. The average molecular weight is 285 g/mol. The monoisotopic (exact) mass is 285 g/mol. The zero-order valence-corrected chi connectivity index (χ0v) is 11.7. The maximum absolute atomic E-state index is 12.1. The number of morpholine rings is 1. The molecule has 2 saturated heterocycles. The number of ether oxygens (including phenoxy) is 1. The minimum absolute atomic E-state index is 0.0386. The van der Waals surface area contributed by atoms with Gasteiger partial charge in [-0.3, -0.25) is 9.69 Å². The molecule has 0 aromatic rings. The van der Waals surface area contributed by atoms with E-state index in [2.05, 4.69) is 10.2 Å². The summed E-state index contributed by atoms with van der Waals surface area (Å²) in [5.41, 5.74) is 0. The summed E-state index contributed by atoms with van der Waals surface area (Å²) in [5.74, 6) is -0.844. The predicted molar refractivity (Wildman–Crippen MR) is 72.6 cm³/mol. The highest BCUT2D eigenvalue weighted by Gasteiger charge is 2.30. The summed E-state index contributed by atoms with van der Waals surface area (Å²) in [6.45, 7) is 5.37. The molecule has 2 rings (SSSR count). The van der Waals surface area contributed by atoms with Crippen molar-refractivity contribution in [2.24, 2.45) is 0 Å². The van der Waals surface area contributed by atoms with Crippen molar-refractivity contribution in [2.75, 3.05) is 45.9 Å². The van der Waals surface area contributed by atoms with Gasteiger partial charge < -0.3 is 20.1 Å². The van der Waals surface area contributed by atoms with E-state index in [-0.39, 0.29) is 18.5 Å². The molecule has 7 heteroatoms. The Labute approximate surface area is 118 Å². The lowest BCUT2D eigenvalue weighted by Crippen LogP contribution is -2.47. The number of likely N-dealkylation sites (tertiary alicyclic amines) is 1. The number of carboxylic acids is 1. The maximum atomic E-state index is 12.1. The van der Waals surface area contributed by atoms with E-state index in [9.17, 15) is 9.59 Å². The molecule has 2 aliphatic rings. The van der Waals surface area contributed by atoms with Crippen molar-refractivity contribution in [1.29, 1.82) is 0 Å². The van der Waals surface area contributed by atoms with Gasteiger partial charge in [0, 0.05) is 38.8 Å². The standard InChI is InChI=1S/C13H23N3O4/c17-12(18)10-11-2-1-4-16(11)13(19)14-3-5-15-6-8-20-9-7-15/h11H,1-10H2,(H,14,19)(H,17,18). The first kappa shape index (κ1) is 15.1. The second kappa shape index (κ2) is 7.44. The molecule has 0 spiro atoms. The number of nitrogens with zero attached hydrogens (tertiary/aromatic N) is 2. The number of hydrogen-bond donors (Lipinski definition) is 2. The topological polar surface area (TPSA) is 82.1 Å². The maximum Gasteiger partial charge on any atom is 0.317 e. The Kier molecular flexibility index (Phi) is 5.60. The number of hydrogen-bond acceptors (Lipinski definition) is 4. The lowest BCUT2D eigenvalue weighted by Gasteiger charge is -2.28. The second-order valence-corrected chi connectivity index (χ2v) is 5.27. The van der Waals surface area contributed by atoms with Gasteiger partial charge in [-0.15, -0.1) is 0 Å². The van der Waals surface area contributed by atoms with Gasteiger partial charge >= 0.3 is 12.0 Å². The molecule has 0 radical (unpaired) electrons. The zero-order valence-electron chi connectivity index (χ0n) is 11.7. The highest BCUT2D eigenvalue weighted by molar-refractivity contribution is 5.76. The number of carbonyl (C=O) groups excluding carboxylic acids is 1. The van der Waals surface area contributed by atoms with Crippen LogP contribution in [0.3, 0.4) is 0 Å². The Morgan fingerprint density at radius 2 is 2.00 bits per heavy atom. The van der Waals surface area contributed by atoms with Gasteiger partial charge in [-0.05, 0) is 12.8 Å². The Balaban J connectivity index is 1.69. The van der Waals surface area contributed by atoms with Gasteiger partial charge in [-0.2, -0.15) is 0 Å². The summed E-state index contributed by atoms with van der Waals surface area (Å²) < 4.78 is 5.27. The third-order valence-corrected chi connectivity index (χ3v) is 3.86. The summed E-state index contributed by atoms with van der Waals surface area (Å²) in [6, 6.07) is -0.294. The summed E-state index contributed by atoms with van der Waals surface area (Å²) in [4.78, 5) is 26.7. The lowest BCUT2D eigenvalue weighted by molar-refractivity contribution is -0.137. The Bertz CT molecular complexity index is 345. The molecule has 0 bridgehead atoms. The van der Waals surface area contributed by atoms with Crippen LogP contribution in [-0.2, 0) is 9.53 Å². The van der Waals surface area contributed by atoms with Crippen molar-refractivity contribution in [1.82, 2.24) is 15.1 Å². The van der Waals surface area contributed by atoms with Crippen molar-refractivity contribution >= 4 is 12.0 Å². The number of amides is 2. The smallest absolute Gasteiger partial charge is 0.317 e. The van der Waals surface area contributed by atoms with Crippen LogP contribution in [0.2, 0.25) is 0 Å². The minimum atomic E-state index is -0.844. The molecule has 20 heavy (non-hydrogen) atoms. The number of nitrogens with one attached hydrogen (secondary N) is 1. The number of urea groups is 1. The largest absolute Gasteiger partial charge is 0.481 e. The van der Waals surface area contributed by atoms with Gasteiger partial charge in [-0.1, -0.05) is 0 Å². The van der Waals surface area contributed by atoms with E-state index in [0.29, 0.717) is 13.1 Å². The average Bonchev–Trinajstić information content (AvgIpc) is 2.87. The van der Waals surface area contributed by atoms with Gasteiger partial charge in [0.1, 0.15) is 0 Å². The third-order valence-electron chi connectivity index (χ3n) is 3.86. The molecule has 2 fully saturated rings. The fraction of sp³-hybridized carbons (Fsp3) is 0.846. The van der Waals surface area contributed by atoms with Crippen LogP contribution in [0.1, 0.15) is 19.3 Å². The molecule has 2 aliphatic heterocycles. The van der Waals surface area contributed by atoms with Crippen LogP contribution >= 0.6 is 0 Å². The van der Waals surface area contributed by atoms with Crippen LogP contribution < -0.4 is 5.32 Å². The highest BCUT2D eigenvalue weighted by Crippen LogP contribution is 2.19. The lowest BCUT2D eigenvalue weighted by atomic mass is 10.1. The molecule has 114 valence electrons. The van der Waals surface area contributed by atoms with Gasteiger partial charge in [0.05, 0.1) is 19.6 Å².